The number of tetrazole rings is 1. The van der Waals surface area contributed by atoms with E-state index in [9.17, 15) is 4.39 Å². The first-order valence-electron chi connectivity index (χ1n) is 7.24. The molecule has 0 spiro atoms. The molecule has 0 N–H and O–H groups in total. The smallest absolute Gasteiger partial charge is 0.204 e. The van der Waals surface area contributed by atoms with E-state index in [4.69, 9.17) is 21.1 Å². The third-order valence-electron chi connectivity index (χ3n) is 3.62. The van der Waals surface area contributed by atoms with Gasteiger partial charge in [0, 0.05) is 21.7 Å². The van der Waals surface area contributed by atoms with Crippen LogP contribution in [0.2, 0.25) is 5.02 Å². The van der Waals surface area contributed by atoms with E-state index in [1.807, 2.05) is 12.1 Å². The summed E-state index contributed by atoms with van der Waals surface area (Å²) in [6, 6.07) is 9.57. The van der Waals surface area contributed by atoms with Crippen molar-refractivity contribution in [2.24, 2.45) is 0 Å². The zero-order valence-corrected chi connectivity index (χ0v) is 13.2. The quantitative estimate of drug-likeness (QED) is 0.729. The molecule has 3 aromatic rings. The van der Waals surface area contributed by atoms with Crippen LogP contribution < -0.4 is 4.74 Å². The summed E-state index contributed by atoms with van der Waals surface area (Å²) in [5.41, 5.74) is 2.44. The molecule has 8 heteroatoms. The van der Waals surface area contributed by atoms with Crippen LogP contribution in [0.5, 0.6) is 5.75 Å². The molecular weight excluding hydrogens is 335 g/mol. The van der Waals surface area contributed by atoms with Gasteiger partial charge >= 0.3 is 0 Å². The van der Waals surface area contributed by atoms with E-state index in [1.165, 1.54) is 16.9 Å². The molecule has 4 rings (SSSR count). The van der Waals surface area contributed by atoms with Crippen LogP contribution in [0.25, 0.3) is 11.4 Å². The Labute approximate surface area is 141 Å². The Bertz CT molecular complexity index is 882. The number of rotatable bonds is 3. The maximum Gasteiger partial charge on any atom is 0.204 e. The lowest BCUT2D eigenvalue weighted by atomic mass is 10.1. The molecule has 0 fully saturated rings. The number of ether oxygens (including phenoxy) is 2. The molecule has 1 aromatic heterocycles. The van der Waals surface area contributed by atoms with Crippen LogP contribution in [0.4, 0.5) is 4.39 Å². The second-order valence-electron chi connectivity index (χ2n) is 5.31. The summed E-state index contributed by atoms with van der Waals surface area (Å²) in [5.74, 6) is 0.859. The predicted molar refractivity (Wildman–Crippen MR) is 84.0 cm³/mol. The number of hydrogen-bond acceptors (Lipinski definition) is 5. The lowest BCUT2D eigenvalue weighted by Gasteiger charge is -2.20. The van der Waals surface area contributed by atoms with Crippen molar-refractivity contribution in [1.82, 2.24) is 20.2 Å². The van der Waals surface area contributed by atoms with Crippen LogP contribution in [-0.2, 0) is 17.9 Å². The fourth-order valence-corrected chi connectivity index (χ4v) is 2.81. The minimum Gasteiger partial charge on any atom is -0.467 e. The van der Waals surface area contributed by atoms with Gasteiger partial charge in [-0.15, -0.1) is 10.2 Å². The molecule has 2 heterocycles. The summed E-state index contributed by atoms with van der Waals surface area (Å²) in [6.07, 6.45) is 0. The highest BCUT2D eigenvalue weighted by molar-refractivity contribution is 6.30. The molecule has 1 aliphatic heterocycles. The van der Waals surface area contributed by atoms with Crippen molar-refractivity contribution in [1.29, 1.82) is 0 Å². The average Bonchev–Trinajstić information content (AvgIpc) is 3.04. The van der Waals surface area contributed by atoms with Crippen molar-refractivity contribution in [2.75, 3.05) is 6.79 Å². The predicted octanol–water partition coefficient (Wildman–Crippen LogP) is 3.05. The molecular formula is C16H12ClFN4O2. The summed E-state index contributed by atoms with van der Waals surface area (Å²) in [7, 11) is 0. The van der Waals surface area contributed by atoms with Gasteiger partial charge in [-0.3, -0.25) is 0 Å². The van der Waals surface area contributed by atoms with E-state index in [0.29, 0.717) is 29.6 Å². The van der Waals surface area contributed by atoms with Crippen molar-refractivity contribution in [3.63, 3.8) is 0 Å². The number of aromatic nitrogens is 4. The minimum absolute atomic E-state index is 0.202. The van der Waals surface area contributed by atoms with Gasteiger partial charge in [0.1, 0.15) is 11.6 Å². The van der Waals surface area contributed by atoms with Crippen molar-refractivity contribution in [3.8, 4) is 17.1 Å². The van der Waals surface area contributed by atoms with Gasteiger partial charge in [-0.25, -0.2) is 4.39 Å². The number of benzene rings is 2. The number of fused-ring (bicyclic) bond motifs is 1. The molecule has 0 saturated carbocycles. The minimum atomic E-state index is -0.309. The van der Waals surface area contributed by atoms with Gasteiger partial charge in [0.15, 0.2) is 6.79 Å². The molecule has 24 heavy (non-hydrogen) atoms. The first-order chi connectivity index (χ1) is 11.7. The molecule has 0 unspecified atom stereocenters. The molecule has 0 aliphatic carbocycles. The first-order valence-corrected chi connectivity index (χ1v) is 7.62. The monoisotopic (exact) mass is 346 g/mol. The van der Waals surface area contributed by atoms with E-state index in [-0.39, 0.29) is 12.6 Å². The Hall–Kier alpha value is -2.51. The van der Waals surface area contributed by atoms with Crippen molar-refractivity contribution in [3.05, 3.63) is 58.4 Å². The van der Waals surface area contributed by atoms with Gasteiger partial charge in [-0.2, -0.15) is 4.80 Å². The van der Waals surface area contributed by atoms with Gasteiger partial charge in [-0.1, -0.05) is 11.6 Å². The van der Waals surface area contributed by atoms with Gasteiger partial charge in [0.05, 0.1) is 13.2 Å². The van der Waals surface area contributed by atoms with E-state index in [0.717, 1.165) is 16.9 Å². The lowest BCUT2D eigenvalue weighted by Crippen LogP contribution is -2.15. The molecule has 0 saturated heterocycles. The summed E-state index contributed by atoms with van der Waals surface area (Å²) in [4.78, 5) is 1.45. The third kappa shape index (κ3) is 2.95. The van der Waals surface area contributed by atoms with Crippen LogP contribution in [0, 0.1) is 5.82 Å². The third-order valence-corrected chi connectivity index (χ3v) is 3.84. The van der Waals surface area contributed by atoms with E-state index in [2.05, 4.69) is 15.4 Å². The zero-order chi connectivity index (χ0) is 16.5. The normalized spacial score (nSPS) is 13.4. The van der Waals surface area contributed by atoms with Gasteiger partial charge < -0.3 is 9.47 Å². The highest BCUT2D eigenvalue weighted by Gasteiger charge is 2.17. The molecule has 0 amide bonds. The topological polar surface area (TPSA) is 62.1 Å². The van der Waals surface area contributed by atoms with Crippen LogP contribution in [0.3, 0.4) is 0 Å². The van der Waals surface area contributed by atoms with E-state index < -0.39 is 0 Å². The molecule has 2 aromatic carbocycles. The van der Waals surface area contributed by atoms with Crippen molar-refractivity contribution >= 4 is 11.6 Å². The fraction of sp³-hybridized carbons (Fsp3) is 0.188. The number of nitrogens with zero attached hydrogens (tertiary/aromatic N) is 4. The highest BCUT2D eigenvalue weighted by Crippen LogP contribution is 2.32. The molecule has 122 valence electrons. The number of halogens is 2. The molecule has 6 nitrogen and oxygen atoms in total. The maximum absolute atomic E-state index is 13.0. The van der Waals surface area contributed by atoms with Gasteiger partial charge in [-0.05, 0) is 41.6 Å². The number of hydrogen-bond donors (Lipinski definition) is 0. The largest absolute Gasteiger partial charge is 0.467 e. The van der Waals surface area contributed by atoms with E-state index >= 15 is 0 Å². The Morgan fingerprint density at radius 1 is 1.21 bits per heavy atom. The standard InChI is InChI=1S/C16H12ClFN4O2/c17-13-5-11(15-12(6-13)8-23-9-24-15)7-22-20-16(19-21-22)10-1-3-14(18)4-2-10/h1-6H,7-9H2. The SMILES string of the molecule is Fc1ccc(-c2nnn(Cc3cc(Cl)cc4c3OCOC4)n2)cc1. The summed E-state index contributed by atoms with van der Waals surface area (Å²) < 4.78 is 23.8. The Kier molecular flexibility index (Phi) is 3.87. The van der Waals surface area contributed by atoms with Crippen molar-refractivity contribution < 1.29 is 13.9 Å². The second kappa shape index (κ2) is 6.18. The van der Waals surface area contributed by atoms with Gasteiger partial charge in [0.2, 0.25) is 5.82 Å². The van der Waals surface area contributed by atoms with Crippen molar-refractivity contribution in [2.45, 2.75) is 13.2 Å². The van der Waals surface area contributed by atoms with Crippen LogP contribution in [-0.4, -0.2) is 27.0 Å². The second-order valence-corrected chi connectivity index (χ2v) is 5.75. The Morgan fingerprint density at radius 2 is 2.04 bits per heavy atom. The highest BCUT2D eigenvalue weighted by atomic mass is 35.5. The summed E-state index contributed by atoms with van der Waals surface area (Å²) >= 11 is 6.15. The summed E-state index contributed by atoms with van der Waals surface area (Å²) in [6.45, 7) is 1.01. The lowest BCUT2D eigenvalue weighted by molar-refractivity contribution is -0.0171. The van der Waals surface area contributed by atoms with Crippen LogP contribution >= 0.6 is 11.6 Å². The Balaban J connectivity index is 1.63. The molecule has 0 atom stereocenters. The zero-order valence-electron chi connectivity index (χ0n) is 12.4. The molecule has 1 aliphatic rings. The molecule has 0 radical (unpaired) electrons. The first kappa shape index (κ1) is 15.0. The maximum atomic E-state index is 13.0. The Morgan fingerprint density at radius 3 is 2.88 bits per heavy atom. The fourth-order valence-electron chi connectivity index (χ4n) is 2.55. The van der Waals surface area contributed by atoms with Gasteiger partial charge in [0.25, 0.3) is 0 Å². The van der Waals surface area contributed by atoms with E-state index in [1.54, 1.807) is 12.1 Å². The summed E-state index contributed by atoms with van der Waals surface area (Å²) in [5, 5.41) is 13.0. The van der Waals surface area contributed by atoms with Crippen LogP contribution in [0.1, 0.15) is 11.1 Å². The van der Waals surface area contributed by atoms with Crippen LogP contribution in [0.15, 0.2) is 36.4 Å². The average molecular weight is 347 g/mol. The molecule has 0 bridgehead atoms.